The zero-order valence-corrected chi connectivity index (χ0v) is 10.5. The van der Waals surface area contributed by atoms with Gasteiger partial charge in [0.1, 0.15) is 5.69 Å². The minimum Gasteiger partial charge on any atom is -0.319 e. The van der Waals surface area contributed by atoms with E-state index in [2.05, 4.69) is 10.3 Å². The Morgan fingerprint density at radius 3 is 2.85 bits per heavy atom. The Hall–Kier alpha value is -2.69. The van der Waals surface area contributed by atoms with E-state index < -0.39 is 5.66 Å². The molecular formula is C15H11N3O2. The molecular weight excluding hydrogens is 254 g/mol. The van der Waals surface area contributed by atoms with Crippen LogP contribution in [-0.2, 0) is 12.2 Å². The maximum absolute atomic E-state index is 12.2. The lowest BCUT2D eigenvalue weighted by atomic mass is 9.93. The van der Waals surface area contributed by atoms with E-state index in [1.165, 1.54) is 10.6 Å². The molecule has 1 spiro atoms. The lowest BCUT2D eigenvalue weighted by Gasteiger charge is -2.32. The molecule has 2 aromatic rings. The third-order valence-electron chi connectivity index (χ3n) is 3.81. The fourth-order valence-corrected chi connectivity index (χ4v) is 2.98. The van der Waals surface area contributed by atoms with E-state index in [1.807, 2.05) is 24.3 Å². The SMILES string of the molecule is O=C1NC2(C=NCc3ccccc32)n2c1cccc2=O. The molecule has 0 fully saturated rings. The smallest absolute Gasteiger partial charge is 0.270 e. The van der Waals surface area contributed by atoms with Crippen molar-refractivity contribution >= 4 is 12.1 Å². The number of aliphatic imine (C=N–C) groups is 1. The maximum atomic E-state index is 12.2. The molecule has 0 aliphatic carbocycles. The zero-order chi connectivity index (χ0) is 13.7. The van der Waals surface area contributed by atoms with E-state index in [0.717, 1.165) is 11.1 Å². The number of benzene rings is 1. The van der Waals surface area contributed by atoms with Crippen LogP contribution in [0, 0.1) is 0 Å². The predicted octanol–water partition coefficient (Wildman–Crippen LogP) is 0.877. The van der Waals surface area contributed by atoms with Gasteiger partial charge in [0.15, 0.2) is 5.66 Å². The number of hydrogen-bond acceptors (Lipinski definition) is 3. The number of carbonyl (C=O) groups is 1. The first-order chi connectivity index (χ1) is 9.72. The van der Waals surface area contributed by atoms with Crippen LogP contribution in [0.15, 0.2) is 52.3 Å². The van der Waals surface area contributed by atoms with Crippen molar-refractivity contribution in [2.45, 2.75) is 12.2 Å². The summed E-state index contributed by atoms with van der Waals surface area (Å²) in [4.78, 5) is 28.7. The monoisotopic (exact) mass is 265 g/mol. The third-order valence-corrected chi connectivity index (χ3v) is 3.81. The van der Waals surface area contributed by atoms with Gasteiger partial charge >= 0.3 is 0 Å². The third kappa shape index (κ3) is 1.24. The molecule has 0 saturated heterocycles. The molecule has 1 aromatic heterocycles. The van der Waals surface area contributed by atoms with Gasteiger partial charge in [-0.1, -0.05) is 30.3 Å². The van der Waals surface area contributed by atoms with Gasteiger partial charge in [0.2, 0.25) is 0 Å². The highest BCUT2D eigenvalue weighted by Gasteiger charge is 2.45. The molecule has 4 rings (SSSR count). The molecule has 5 nitrogen and oxygen atoms in total. The molecule has 20 heavy (non-hydrogen) atoms. The molecule has 0 radical (unpaired) electrons. The average Bonchev–Trinajstić information content (AvgIpc) is 2.74. The lowest BCUT2D eigenvalue weighted by Crippen LogP contribution is -2.51. The zero-order valence-electron chi connectivity index (χ0n) is 10.5. The molecule has 0 bridgehead atoms. The summed E-state index contributed by atoms with van der Waals surface area (Å²) < 4.78 is 1.48. The number of aromatic nitrogens is 1. The Morgan fingerprint density at radius 2 is 1.95 bits per heavy atom. The van der Waals surface area contributed by atoms with E-state index in [0.29, 0.717) is 12.2 Å². The van der Waals surface area contributed by atoms with Gasteiger partial charge in [-0.05, 0) is 11.6 Å². The summed E-state index contributed by atoms with van der Waals surface area (Å²) in [5.74, 6) is -0.258. The second kappa shape index (κ2) is 3.66. The Morgan fingerprint density at radius 1 is 1.10 bits per heavy atom. The highest BCUT2D eigenvalue weighted by Crippen LogP contribution is 2.32. The summed E-state index contributed by atoms with van der Waals surface area (Å²) >= 11 is 0. The molecule has 1 amide bonds. The number of amides is 1. The van der Waals surface area contributed by atoms with Crippen LogP contribution in [0.2, 0.25) is 0 Å². The summed E-state index contributed by atoms with van der Waals surface area (Å²) in [6, 6.07) is 12.4. The normalized spacial score (nSPS) is 22.5. The molecule has 1 atom stereocenters. The molecule has 98 valence electrons. The summed E-state index contributed by atoms with van der Waals surface area (Å²) in [6.45, 7) is 0.560. The van der Waals surface area contributed by atoms with Crippen LogP contribution in [-0.4, -0.2) is 16.7 Å². The fraction of sp³-hybridized carbons (Fsp3) is 0.133. The van der Waals surface area contributed by atoms with E-state index in [4.69, 9.17) is 0 Å². The minimum atomic E-state index is -0.987. The first kappa shape index (κ1) is 11.2. The minimum absolute atomic E-state index is 0.219. The van der Waals surface area contributed by atoms with E-state index in [-0.39, 0.29) is 11.5 Å². The van der Waals surface area contributed by atoms with Crippen molar-refractivity contribution in [3.05, 3.63) is 69.6 Å². The van der Waals surface area contributed by atoms with E-state index in [1.54, 1.807) is 18.3 Å². The second-order valence-corrected chi connectivity index (χ2v) is 4.93. The van der Waals surface area contributed by atoms with Crippen LogP contribution < -0.4 is 10.9 Å². The first-order valence-electron chi connectivity index (χ1n) is 6.37. The maximum Gasteiger partial charge on any atom is 0.270 e. The Balaban J connectivity index is 2.11. The number of nitrogens with zero attached hydrogens (tertiary/aromatic N) is 2. The van der Waals surface area contributed by atoms with Crippen LogP contribution in [0.3, 0.4) is 0 Å². The summed E-state index contributed by atoms with van der Waals surface area (Å²) in [7, 11) is 0. The van der Waals surface area contributed by atoms with Crippen LogP contribution in [0.1, 0.15) is 21.6 Å². The summed E-state index contributed by atoms with van der Waals surface area (Å²) in [5.41, 5.74) is 1.07. The van der Waals surface area contributed by atoms with E-state index >= 15 is 0 Å². The highest BCUT2D eigenvalue weighted by molar-refractivity contribution is 6.00. The van der Waals surface area contributed by atoms with Gasteiger partial charge in [0, 0.05) is 11.6 Å². The van der Waals surface area contributed by atoms with Gasteiger partial charge < -0.3 is 5.32 Å². The molecule has 3 heterocycles. The molecule has 0 saturated carbocycles. The number of carbonyl (C=O) groups excluding carboxylic acids is 1. The average molecular weight is 265 g/mol. The van der Waals surface area contributed by atoms with Gasteiger partial charge in [-0.3, -0.25) is 19.1 Å². The number of nitrogens with one attached hydrogen (secondary N) is 1. The summed E-state index contributed by atoms with van der Waals surface area (Å²) in [6.07, 6.45) is 1.66. The lowest BCUT2D eigenvalue weighted by molar-refractivity contribution is 0.0952. The standard InChI is InChI=1S/C15H11N3O2/c19-13-7-3-6-12-14(20)17-15(18(12)13)9-16-8-10-4-1-2-5-11(10)15/h1-7,9H,8H2,(H,17,20). The highest BCUT2D eigenvalue weighted by atomic mass is 16.2. The van der Waals surface area contributed by atoms with Gasteiger partial charge in [-0.15, -0.1) is 0 Å². The van der Waals surface area contributed by atoms with Gasteiger partial charge in [-0.2, -0.15) is 0 Å². The van der Waals surface area contributed by atoms with Crippen molar-refractivity contribution in [3.8, 4) is 0 Å². The van der Waals surface area contributed by atoms with Crippen molar-refractivity contribution in [1.29, 1.82) is 0 Å². The number of pyridine rings is 1. The first-order valence-corrected chi connectivity index (χ1v) is 6.37. The quantitative estimate of drug-likeness (QED) is 0.768. The Labute approximate surface area is 114 Å². The van der Waals surface area contributed by atoms with Crippen molar-refractivity contribution < 1.29 is 4.79 Å². The van der Waals surface area contributed by atoms with Gasteiger partial charge in [0.05, 0.1) is 12.8 Å². The molecule has 1 aromatic carbocycles. The van der Waals surface area contributed by atoms with Crippen LogP contribution in [0.5, 0.6) is 0 Å². The molecule has 1 unspecified atom stereocenters. The predicted molar refractivity (Wildman–Crippen MR) is 73.9 cm³/mol. The van der Waals surface area contributed by atoms with Gasteiger partial charge in [0.25, 0.3) is 11.5 Å². The number of fused-ring (bicyclic) bond motifs is 4. The van der Waals surface area contributed by atoms with Crippen LogP contribution >= 0.6 is 0 Å². The van der Waals surface area contributed by atoms with Crippen LogP contribution in [0.25, 0.3) is 0 Å². The van der Waals surface area contributed by atoms with Crippen molar-refractivity contribution in [1.82, 2.24) is 9.88 Å². The van der Waals surface area contributed by atoms with Crippen molar-refractivity contribution in [2.24, 2.45) is 4.99 Å². The van der Waals surface area contributed by atoms with E-state index in [9.17, 15) is 9.59 Å². The van der Waals surface area contributed by atoms with Crippen molar-refractivity contribution in [2.75, 3.05) is 0 Å². The summed E-state index contributed by atoms with van der Waals surface area (Å²) in [5, 5.41) is 2.91. The van der Waals surface area contributed by atoms with Crippen molar-refractivity contribution in [3.63, 3.8) is 0 Å². The number of rotatable bonds is 0. The molecule has 2 aliphatic rings. The van der Waals surface area contributed by atoms with Gasteiger partial charge in [-0.25, -0.2) is 0 Å². The Bertz CT molecular complexity index is 822. The second-order valence-electron chi connectivity index (χ2n) is 4.93. The Kier molecular flexibility index (Phi) is 2.04. The molecule has 2 aliphatic heterocycles. The topological polar surface area (TPSA) is 63.5 Å². The van der Waals surface area contributed by atoms with Crippen LogP contribution in [0.4, 0.5) is 0 Å². The molecule has 5 heteroatoms. The molecule has 1 N–H and O–H groups in total. The fourth-order valence-electron chi connectivity index (χ4n) is 2.98. The number of hydrogen-bond donors (Lipinski definition) is 1. The largest absolute Gasteiger partial charge is 0.319 e.